The zero-order valence-corrected chi connectivity index (χ0v) is 27.7. The minimum atomic E-state index is -0.443. The predicted octanol–water partition coefficient (Wildman–Crippen LogP) is 13.2. The van der Waals surface area contributed by atoms with Crippen LogP contribution in [0.15, 0.2) is 186 Å². The van der Waals surface area contributed by atoms with E-state index in [0.717, 1.165) is 44.6 Å². The van der Waals surface area contributed by atoms with Gasteiger partial charge in [-0.15, -0.1) is 0 Å². The van der Waals surface area contributed by atoms with E-state index in [0.29, 0.717) is 0 Å². The zero-order chi connectivity index (χ0) is 33.2. The van der Waals surface area contributed by atoms with Crippen LogP contribution in [-0.4, -0.2) is 0 Å². The molecule has 9 aromatic rings. The van der Waals surface area contributed by atoms with E-state index < -0.39 is 5.41 Å². The number of hydrogen-bond acceptors (Lipinski definition) is 2. The molecular weight excluding hydrogens is 607 g/mol. The van der Waals surface area contributed by atoms with Crippen molar-refractivity contribution in [1.82, 2.24) is 0 Å². The van der Waals surface area contributed by atoms with Gasteiger partial charge in [-0.3, -0.25) is 0 Å². The van der Waals surface area contributed by atoms with E-state index in [1.807, 2.05) is 0 Å². The van der Waals surface area contributed by atoms with Gasteiger partial charge in [0.1, 0.15) is 11.2 Å². The van der Waals surface area contributed by atoms with Crippen molar-refractivity contribution in [3.63, 3.8) is 0 Å². The Morgan fingerprint density at radius 3 is 1.78 bits per heavy atom. The lowest BCUT2D eigenvalue weighted by molar-refractivity contribution is 0.638. The molecule has 2 heteroatoms. The summed E-state index contributed by atoms with van der Waals surface area (Å²) >= 11 is 0. The maximum Gasteiger partial charge on any atom is 0.140 e. The second-order valence-electron chi connectivity index (χ2n) is 13.5. The summed E-state index contributed by atoms with van der Waals surface area (Å²) in [6.45, 7) is 2.37. The van der Waals surface area contributed by atoms with E-state index in [4.69, 9.17) is 4.42 Å². The van der Waals surface area contributed by atoms with Crippen molar-refractivity contribution in [2.75, 3.05) is 4.90 Å². The minimum absolute atomic E-state index is 0.443. The van der Waals surface area contributed by atoms with Gasteiger partial charge in [0, 0.05) is 38.8 Å². The van der Waals surface area contributed by atoms with Crippen molar-refractivity contribution in [1.29, 1.82) is 0 Å². The lowest BCUT2D eigenvalue weighted by atomic mass is 9.73. The van der Waals surface area contributed by atoms with Gasteiger partial charge in [0.25, 0.3) is 0 Å². The lowest BCUT2D eigenvalue weighted by Gasteiger charge is -2.31. The summed E-state index contributed by atoms with van der Waals surface area (Å²) in [6, 6.07) is 65.8. The molecule has 0 saturated heterocycles. The third-order valence-corrected chi connectivity index (χ3v) is 10.7. The highest BCUT2D eigenvalue weighted by molar-refractivity contribution is 6.09. The molecule has 0 amide bonds. The summed E-state index contributed by atoms with van der Waals surface area (Å²) in [7, 11) is 0. The Hall–Kier alpha value is -6.38. The maximum atomic E-state index is 6.84. The highest BCUT2D eigenvalue weighted by Gasteiger charge is 2.43. The van der Waals surface area contributed by atoms with Gasteiger partial charge in [-0.1, -0.05) is 140 Å². The first kappa shape index (κ1) is 28.6. The molecule has 1 aliphatic rings. The van der Waals surface area contributed by atoms with Crippen molar-refractivity contribution in [2.24, 2.45) is 0 Å². The van der Waals surface area contributed by atoms with Gasteiger partial charge in [-0.2, -0.15) is 0 Å². The fourth-order valence-corrected chi connectivity index (χ4v) is 8.25. The molecule has 0 fully saturated rings. The van der Waals surface area contributed by atoms with Crippen LogP contribution in [0.2, 0.25) is 0 Å². The molecule has 0 atom stereocenters. The smallest absolute Gasteiger partial charge is 0.140 e. The minimum Gasteiger partial charge on any atom is -0.456 e. The maximum absolute atomic E-state index is 6.84. The molecule has 0 spiro atoms. The monoisotopic (exact) mass is 639 g/mol. The SMILES string of the molecule is CC1(c2cc(N(c3ccc(-c4ccccc4)cc3)c3ccc4ccccc4c3)cc3c2oc2ccccc23)c2ccccc2-c2ccccc21. The number of nitrogens with zero attached hydrogens (tertiary/aromatic N) is 1. The normalized spacial score (nSPS) is 13.1. The van der Waals surface area contributed by atoms with Crippen LogP contribution in [0.25, 0.3) is 55.0 Å². The highest BCUT2D eigenvalue weighted by Crippen LogP contribution is 2.55. The van der Waals surface area contributed by atoms with Gasteiger partial charge in [0.05, 0.1) is 0 Å². The fraction of sp³-hybridized carbons (Fsp3) is 0.0417. The largest absolute Gasteiger partial charge is 0.456 e. The van der Waals surface area contributed by atoms with Crippen LogP contribution in [-0.2, 0) is 5.41 Å². The third-order valence-electron chi connectivity index (χ3n) is 10.7. The first-order valence-electron chi connectivity index (χ1n) is 17.3. The molecule has 1 heterocycles. The standard InChI is InChI=1S/C48H33NO/c1-48(43-20-10-7-17-39(43)40-18-8-11-21-44(40)48)45-31-38(30-42-41-19-9-12-22-46(41)50-47(42)45)49(37-28-25-33-15-5-6-16-35(33)29-37)36-26-23-34(24-27-36)32-13-3-2-4-14-32/h2-31H,1H3. The second kappa shape index (κ2) is 11.1. The van der Waals surface area contributed by atoms with Crippen molar-refractivity contribution in [2.45, 2.75) is 12.3 Å². The Labute approximate surface area is 291 Å². The summed E-state index contributed by atoms with van der Waals surface area (Å²) in [5, 5.41) is 4.66. The summed E-state index contributed by atoms with van der Waals surface area (Å²) in [6.07, 6.45) is 0. The zero-order valence-electron chi connectivity index (χ0n) is 27.7. The van der Waals surface area contributed by atoms with Gasteiger partial charge in [-0.05, 0) is 93.5 Å². The summed E-state index contributed by atoms with van der Waals surface area (Å²) in [4.78, 5) is 2.40. The molecule has 0 unspecified atom stereocenters. The van der Waals surface area contributed by atoms with E-state index >= 15 is 0 Å². The number of benzene rings is 8. The molecule has 0 saturated carbocycles. The van der Waals surface area contributed by atoms with Gasteiger partial charge in [-0.25, -0.2) is 0 Å². The van der Waals surface area contributed by atoms with Crippen molar-refractivity contribution in [3.8, 4) is 22.3 Å². The first-order chi connectivity index (χ1) is 24.7. The van der Waals surface area contributed by atoms with Gasteiger partial charge in [0.2, 0.25) is 0 Å². The fourth-order valence-electron chi connectivity index (χ4n) is 8.25. The van der Waals surface area contributed by atoms with Gasteiger partial charge in [0.15, 0.2) is 0 Å². The molecule has 236 valence electrons. The average Bonchev–Trinajstić information content (AvgIpc) is 3.69. The Morgan fingerprint density at radius 1 is 0.420 bits per heavy atom. The van der Waals surface area contributed by atoms with Crippen molar-refractivity contribution in [3.05, 3.63) is 199 Å². The Morgan fingerprint density at radius 2 is 1.02 bits per heavy atom. The molecule has 2 nitrogen and oxygen atoms in total. The van der Waals surface area contributed by atoms with Crippen LogP contribution in [0.3, 0.4) is 0 Å². The van der Waals surface area contributed by atoms with Crippen LogP contribution >= 0.6 is 0 Å². The van der Waals surface area contributed by atoms with Crippen LogP contribution in [0.4, 0.5) is 17.1 Å². The van der Waals surface area contributed by atoms with Crippen molar-refractivity contribution >= 4 is 49.8 Å². The summed E-state index contributed by atoms with van der Waals surface area (Å²) in [5.41, 5.74) is 13.4. The molecule has 0 radical (unpaired) electrons. The van der Waals surface area contributed by atoms with Crippen LogP contribution in [0, 0.1) is 0 Å². The number of fused-ring (bicyclic) bond motifs is 7. The molecule has 0 aliphatic heterocycles. The number of hydrogen-bond donors (Lipinski definition) is 0. The Balaban J connectivity index is 1.27. The average molecular weight is 640 g/mol. The summed E-state index contributed by atoms with van der Waals surface area (Å²) in [5.74, 6) is 0. The van der Waals surface area contributed by atoms with Gasteiger partial charge >= 0.3 is 0 Å². The molecule has 8 aromatic carbocycles. The molecule has 1 aromatic heterocycles. The van der Waals surface area contributed by atoms with Gasteiger partial charge < -0.3 is 9.32 Å². The number of para-hydroxylation sites is 1. The molecule has 1 aliphatic carbocycles. The number of furan rings is 1. The van der Waals surface area contributed by atoms with Crippen LogP contribution in [0.1, 0.15) is 23.6 Å². The molecular formula is C48H33NO. The Bertz CT molecular complexity index is 2670. The molecule has 50 heavy (non-hydrogen) atoms. The van der Waals surface area contributed by atoms with Crippen LogP contribution in [0.5, 0.6) is 0 Å². The van der Waals surface area contributed by atoms with E-state index in [1.54, 1.807) is 0 Å². The van der Waals surface area contributed by atoms with E-state index in [9.17, 15) is 0 Å². The van der Waals surface area contributed by atoms with E-state index in [-0.39, 0.29) is 0 Å². The van der Waals surface area contributed by atoms with Crippen LogP contribution < -0.4 is 4.90 Å². The second-order valence-corrected chi connectivity index (χ2v) is 13.5. The third kappa shape index (κ3) is 4.28. The van der Waals surface area contributed by atoms with Crippen molar-refractivity contribution < 1.29 is 4.42 Å². The van der Waals surface area contributed by atoms with E-state index in [1.165, 1.54) is 44.2 Å². The quantitative estimate of drug-likeness (QED) is 0.186. The molecule has 0 bridgehead atoms. The summed E-state index contributed by atoms with van der Waals surface area (Å²) < 4.78 is 6.84. The number of anilines is 3. The highest BCUT2D eigenvalue weighted by atomic mass is 16.3. The molecule has 0 N–H and O–H groups in total. The lowest BCUT2D eigenvalue weighted by Crippen LogP contribution is -2.23. The first-order valence-corrected chi connectivity index (χ1v) is 17.3. The predicted molar refractivity (Wildman–Crippen MR) is 209 cm³/mol. The Kier molecular flexibility index (Phi) is 6.34. The van der Waals surface area contributed by atoms with E-state index in [2.05, 4.69) is 194 Å². The topological polar surface area (TPSA) is 16.4 Å². The molecule has 10 rings (SSSR count). The number of rotatable bonds is 5.